The lowest BCUT2D eigenvalue weighted by Crippen LogP contribution is -2.48. The number of rotatable bonds is 3. The van der Waals surface area contributed by atoms with E-state index in [0.29, 0.717) is 19.6 Å². The van der Waals surface area contributed by atoms with Gasteiger partial charge in [-0.1, -0.05) is 6.42 Å². The maximum Gasteiger partial charge on any atom is 0.317 e. The van der Waals surface area contributed by atoms with Crippen molar-refractivity contribution < 1.29 is 14.7 Å². The van der Waals surface area contributed by atoms with Gasteiger partial charge < -0.3 is 21.1 Å². The number of nitrogens with one attached hydrogen (secondary N) is 1. The number of hydrogen-bond acceptors (Lipinski definition) is 3. The van der Waals surface area contributed by atoms with Crippen molar-refractivity contribution in [1.82, 2.24) is 10.2 Å². The monoisotopic (exact) mass is 269 g/mol. The molecule has 4 N–H and O–H groups in total. The van der Waals surface area contributed by atoms with Crippen molar-refractivity contribution in [2.75, 3.05) is 19.6 Å². The molecular weight excluding hydrogens is 246 g/mol. The molecule has 0 bridgehead atoms. The van der Waals surface area contributed by atoms with Crippen molar-refractivity contribution in [2.24, 2.45) is 17.6 Å². The van der Waals surface area contributed by atoms with Gasteiger partial charge in [-0.3, -0.25) is 4.79 Å². The second kappa shape index (κ2) is 6.23. The van der Waals surface area contributed by atoms with Crippen molar-refractivity contribution >= 4 is 12.0 Å². The van der Waals surface area contributed by atoms with Crippen molar-refractivity contribution in [3.8, 4) is 0 Å². The van der Waals surface area contributed by atoms with Gasteiger partial charge in [0.15, 0.2) is 0 Å². The third kappa shape index (κ3) is 3.59. The van der Waals surface area contributed by atoms with Crippen molar-refractivity contribution in [3.63, 3.8) is 0 Å². The average Bonchev–Trinajstić information content (AvgIpc) is 2.85. The Kier molecular flexibility index (Phi) is 4.63. The summed E-state index contributed by atoms with van der Waals surface area (Å²) in [4.78, 5) is 24.8. The number of nitrogens with two attached hydrogens (primary N) is 1. The number of carboxylic acid groups (broad SMARTS) is 1. The Hall–Kier alpha value is -1.30. The number of aliphatic carboxylic acids is 1. The topological polar surface area (TPSA) is 95.7 Å². The molecule has 0 aromatic heterocycles. The highest BCUT2D eigenvalue weighted by Crippen LogP contribution is 2.31. The number of hydrogen-bond donors (Lipinski definition) is 3. The van der Waals surface area contributed by atoms with Crippen LogP contribution in [0.15, 0.2) is 0 Å². The fourth-order valence-electron chi connectivity index (χ4n) is 3.04. The van der Waals surface area contributed by atoms with E-state index >= 15 is 0 Å². The summed E-state index contributed by atoms with van der Waals surface area (Å²) in [5, 5.41) is 12.0. The fourth-order valence-corrected chi connectivity index (χ4v) is 3.04. The van der Waals surface area contributed by atoms with Crippen LogP contribution in [-0.4, -0.2) is 47.7 Å². The van der Waals surface area contributed by atoms with Crippen LogP contribution in [-0.2, 0) is 4.79 Å². The van der Waals surface area contributed by atoms with Gasteiger partial charge in [-0.05, 0) is 31.6 Å². The molecule has 6 nitrogen and oxygen atoms in total. The first kappa shape index (κ1) is 14.1. The fraction of sp³-hybridized carbons (Fsp3) is 0.846. The lowest BCUT2D eigenvalue weighted by atomic mass is 9.96. The van der Waals surface area contributed by atoms with E-state index in [1.54, 1.807) is 4.90 Å². The van der Waals surface area contributed by atoms with Crippen molar-refractivity contribution in [3.05, 3.63) is 0 Å². The molecule has 19 heavy (non-hydrogen) atoms. The molecular formula is C13H23N3O3. The summed E-state index contributed by atoms with van der Waals surface area (Å²) in [6.45, 7) is 1.86. The highest BCUT2D eigenvalue weighted by molar-refractivity contribution is 5.74. The van der Waals surface area contributed by atoms with Crippen LogP contribution in [0.1, 0.15) is 32.1 Å². The van der Waals surface area contributed by atoms with E-state index in [0.717, 1.165) is 32.1 Å². The van der Waals surface area contributed by atoms with Crippen molar-refractivity contribution in [2.45, 2.75) is 38.1 Å². The van der Waals surface area contributed by atoms with E-state index in [4.69, 9.17) is 10.8 Å². The minimum absolute atomic E-state index is 0.0773. The number of nitrogens with zero attached hydrogens (tertiary/aromatic N) is 1. The molecule has 2 fully saturated rings. The van der Waals surface area contributed by atoms with Gasteiger partial charge in [0.05, 0.1) is 5.92 Å². The van der Waals surface area contributed by atoms with E-state index in [2.05, 4.69) is 5.32 Å². The van der Waals surface area contributed by atoms with Crippen LogP contribution in [0.2, 0.25) is 0 Å². The zero-order valence-electron chi connectivity index (χ0n) is 11.2. The van der Waals surface area contributed by atoms with E-state index < -0.39 is 5.97 Å². The SMILES string of the molecule is NC1CCN(C(=O)NCC2CCCC2C(=O)O)CC1. The molecule has 0 aromatic rings. The summed E-state index contributed by atoms with van der Waals surface area (Å²) in [6.07, 6.45) is 4.25. The molecule has 2 atom stereocenters. The molecule has 2 rings (SSSR count). The summed E-state index contributed by atoms with van der Waals surface area (Å²) >= 11 is 0. The number of likely N-dealkylation sites (tertiary alicyclic amines) is 1. The first-order valence-electron chi connectivity index (χ1n) is 7.09. The molecule has 1 heterocycles. The van der Waals surface area contributed by atoms with Crippen LogP contribution in [0, 0.1) is 11.8 Å². The number of urea groups is 1. The molecule has 2 unspecified atom stereocenters. The van der Waals surface area contributed by atoms with Crippen LogP contribution in [0.5, 0.6) is 0 Å². The van der Waals surface area contributed by atoms with Gasteiger partial charge in [0.25, 0.3) is 0 Å². The van der Waals surface area contributed by atoms with Crippen LogP contribution in [0.4, 0.5) is 4.79 Å². The number of carboxylic acids is 1. The summed E-state index contributed by atoms with van der Waals surface area (Å²) in [5.41, 5.74) is 5.80. The summed E-state index contributed by atoms with van der Waals surface area (Å²) < 4.78 is 0. The molecule has 1 aliphatic heterocycles. The average molecular weight is 269 g/mol. The normalized spacial score (nSPS) is 28.4. The standard InChI is InChI=1S/C13H23N3O3/c14-10-4-6-16(7-5-10)13(19)15-8-9-2-1-3-11(9)12(17)18/h9-11H,1-8,14H2,(H,15,19)(H,17,18). The summed E-state index contributed by atoms with van der Waals surface area (Å²) in [7, 11) is 0. The minimum Gasteiger partial charge on any atom is -0.481 e. The molecule has 2 amide bonds. The minimum atomic E-state index is -0.735. The molecule has 0 spiro atoms. The zero-order valence-corrected chi connectivity index (χ0v) is 11.2. The van der Waals surface area contributed by atoms with Gasteiger partial charge in [-0.2, -0.15) is 0 Å². The third-order valence-corrected chi connectivity index (χ3v) is 4.32. The van der Waals surface area contributed by atoms with E-state index in [9.17, 15) is 9.59 Å². The number of piperidine rings is 1. The van der Waals surface area contributed by atoms with Gasteiger partial charge in [0.2, 0.25) is 0 Å². The van der Waals surface area contributed by atoms with Gasteiger partial charge in [-0.15, -0.1) is 0 Å². The lowest BCUT2D eigenvalue weighted by Gasteiger charge is -2.30. The van der Waals surface area contributed by atoms with E-state index in [-0.39, 0.29) is 23.9 Å². The lowest BCUT2D eigenvalue weighted by molar-refractivity contribution is -0.142. The first-order chi connectivity index (χ1) is 9.08. The van der Waals surface area contributed by atoms with Gasteiger partial charge in [0.1, 0.15) is 0 Å². The predicted molar refractivity (Wildman–Crippen MR) is 70.6 cm³/mol. The predicted octanol–water partition coefficient (Wildman–Crippen LogP) is 0.620. The molecule has 1 aliphatic carbocycles. The van der Waals surface area contributed by atoms with Crippen LogP contribution in [0.25, 0.3) is 0 Å². The van der Waals surface area contributed by atoms with Crippen molar-refractivity contribution in [1.29, 1.82) is 0 Å². The Morgan fingerprint density at radius 2 is 1.89 bits per heavy atom. The third-order valence-electron chi connectivity index (χ3n) is 4.32. The summed E-state index contributed by atoms with van der Waals surface area (Å²) in [6, 6.07) is 0.123. The quantitative estimate of drug-likeness (QED) is 0.700. The van der Waals surface area contributed by atoms with Crippen LogP contribution < -0.4 is 11.1 Å². The molecule has 0 radical (unpaired) electrons. The second-order valence-corrected chi connectivity index (χ2v) is 5.65. The van der Waals surface area contributed by atoms with Gasteiger partial charge in [-0.25, -0.2) is 4.79 Å². The number of amides is 2. The molecule has 6 heteroatoms. The van der Waals surface area contributed by atoms with Crippen LogP contribution in [0.3, 0.4) is 0 Å². The largest absolute Gasteiger partial charge is 0.481 e. The molecule has 1 saturated heterocycles. The maximum atomic E-state index is 12.0. The first-order valence-corrected chi connectivity index (χ1v) is 7.09. The van der Waals surface area contributed by atoms with Crippen LogP contribution >= 0.6 is 0 Å². The molecule has 2 aliphatic rings. The Labute approximate surface area is 113 Å². The Balaban J connectivity index is 1.75. The van der Waals surface area contributed by atoms with Gasteiger partial charge >= 0.3 is 12.0 Å². The van der Waals surface area contributed by atoms with E-state index in [1.807, 2.05) is 0 Å². The number of carbonyl (C=O) groups excluding carboxylic acids is 1. The molecule has 1 saturated carbocycles. The highest BCUT2D eigenvalue weighted by Gasteiger charge is 2.33. The summed E-state index contributed by atoms with van der Waals surface area (Å²) in [5.74, 6) is -0.954. The van der Waals surface area contributed by atoms with E-state index in [1.165, 1.54) is 0 Å². The zero-order chi connectivity index (χ0) is 13.8. The Morgan fingerprint density at radius 3 is 2.53 bits per heavy atom. The molecule has 108 valence electrons. The number of carbonyl (C=O) groups is 2. The Bertz CT molecular complexity index is 340. The Morgan fingerprint density at radius 1 is 1.21 bits per heavy atom. The maximum absolute atomic E-state index is 12.0. The second-order valence-electron chi connectivity index (χ2n) is 5.65. The highest BCUT2D eigenvalue weighted by atomic mass is 16.4. The van der Waals surface area contributed by atoms with Gasteiger partial charge in [0, 0.05) is 25.7 Å². The molecule has 0 aromatic carbocycles. The smallest absolute Gasteiger partial charge is 0.317 e.